The van der Waals surface area contributed by atoms with Gasteiger partial charge in [-0.3, -0.25) is 0 Å². The Morgan fingerprint density at radius 2 is 1.83 bits per heavy atom. The molecule has 0 bridgehead atoms. The third-order valence-electron chi connectivity index (χ3n) is 3.08. The van der Waals surface area contributed by atoms with Crippen LogP contribution in [0.1, 0.15) is 0 Å². The minimum absolute atomic E-state index is 0.000692. The summed E-state index contributed by atoms with van der Waals surface area (Å²) < 4.78 is 23.8. The van der Waals surface area contributed by atoms with Gasteiger partial charge in [0.1, 0.15) is 5.70 Å². The maximum atomic E-state index is 14.4. The zero-order valence-electron chi connectivity index (χ0n) is 12.4. The van der Waals surface area contributed by atoms with Gasteiger partial charge in [-0.2, -0.15) is 0 Å². The number of benzene rings is 1. The summed E-state index contributed by atoms with van der Waals surface area (Å²) in [4.78, 5) is 25.3. The Hall–Kier alpha value is -2.60. The molecule has 1 aliphatic rings. The second-order valence-electron chi connectivity index (χ2n) is 4.39. The molecule has 1 aromatic carbocycles. The number of carbonyl (C=O) groups is 2. The fourth-order valence-corrected chi connectivity index (χ4v) is 2.20. The molecule has 0 spiro atoms. The quantitative estimate of drug-likeness (QED) is 0.794. The van der Waals surface area contributed by atoms with Crippen LogP contribution in [0.2, 0.25) is 5.02 Å². The third-order valence-corrected chi connectivity index (χ3v) is 3.37. The first-order valence-corrected chi connectivity index (χ1v) is 6.88. The summed E-state index contributed by atoms with van der Waals surface area (Å²) in [5.41, 5.74) is -0.242. The number of halogens is 2. The van der Waals surface area contributed by atoms with Gasteiger partial charge in [0, 0.05) is 6.20 Å². The molecule has 0 radical (unpaired) electrons. The molecule has 0 unspecified atom stereocenters. The van der Waals surface area contributed by atoms with Gasteiger partial charge in [0.15, 0.2) is 5.82 Å². The molecule has 0 fully saturated rings. The van der Waals surface area contributed by atoms with Crippen LogP contribution in [0, 0.1) is 5.82 Å². The van der Waals surface area contributed by atoms with E-state index in [0.29, 0.717) is 0 Å². The second kappa shape index (κ2) is 7.11. The van der Waals surface area contributed by atoms with Crippen molar-refractivity contribution < 1.29 is 23.5 Å². The Labute approximate surface area is 137 Å². The van der Waals surface area contributed by atoms with E-state index < -0.39 is 17.8 Å². The molecular formula is C16H13ClFNO4. The Bertz CT molecular complexity index is 740. The molecule has 5 nitrogen and oxygen atoms in total. The van der Waals surface area contributed by atoms with Gasteiger partial charge in [0.25, 0.3) is 0 Å². The van der Waals surface area contributed by atoms with Crippen LogP contribution in [0.4, 0.5) is 10.1 Å². The SMILES string of the molecule is COC(=O)C1=C(C(=O)OC)N(c2cccc(Cl)c2F)C=CC=C1. The van der Waals surface area contributed by atoms with Crippen LogP contribution in [0.3, 0.4) is 0 Å². The highest BCUT2D eigenvalue weighted by Crippen LogP contribution is 2.31. The molecule has 1 aromatic rings. The van der Waals surface area contributed by atoms with Crippen molar-refractivity contribution in [1.29, 1.82) is 0 Å². The minimum Gasteiger partial charge on any atom is -0.465 e. The van der Waals surface area contributed by atoms with E-state index in [-0.39, 0.29) is 22.0 Å². The Morgan fingerprint density at radius 3 is 2.48 bits per heavy atom. The molecule has 2 rings (SSSR count). The molecule has 0 saturated carbocycles. The summed E-state index contributed by atoms with van der Waals surface area (Å²) in [5.74, 6) is -2.30. The lowest BCUT2D eigenvalue weighted by molar-refractivity contribution is -0.139. The molecule has 0 aliphatic carbocycles. The van der Waals surface area contributed by atoms with Crippen LogP contribution in [0.5, 0.6) is 0 Å². The van der Waals surface area contributed by atoms with Gasteiger partial charge in [-0.1, -0.05) is 23.7 Å². The van der Waals surface area contributed by atoms with Crippen LogP contribution >= 0.6 is 11.6 Å². The Kier molecular flexibility index (Phi) is 5.18. The maximum absolute atomic E-state index is 14.4. The van der Waals surface area contributed by atoms with Gasteiger partial charge in [-0.05, 0) is 24.3 Å². The monoisotopic (exact) mass is 337 g/mol. The number of allylic oxidation sites excluding steroid dienone is 2. The first kappa shape index (κ1) is 16.8. The van der Waals surface area contributed by atoms with Gasteiger partial charge in [0.05, 0.1) is 30.5 Å². The molecule has 7 heteroatoms. The average molecular weight is 338 g/mol. The largest absolute Gasteiger partial charge is 0.465 e. The van der Waals surface area contributed by atoms with Crippen molar-refractivity contribution in [2.24, 2.45) is 0 Å². The number of methoxy groups -OCH3 is 2. The molecular weight excluding hydrogens is 325 g/mol. The van der Waals surface area contributed by atoms with Crippen LogP contribution in [-0.4, -0.2) is 26.2 Å². The Balaban J connectivity index is 2.71. The van der Waals surface area contributed by atoms with Crippen molar-refractivity contribution in [2.45, 2.75) is 0 Å². The molecule has 1 heterocycles. The van der Waals surface area contributed by atoms with E-state index in [0.717, 1.165) is 7.11 Å². The van der Waals surface area contributed by atoms with Gasteiger partial charge in [-0.15, -0.1) is 0 Å². The summed E-state index contributed by atoms with van der Waals surface area (Å²) >= 11 is 5.80. The summed E-state index contributed by atoms with van der Waals surface area (Å²) in [6, 6.07) is 4.33. The number of ether oxygens (including phenoxy) is 2. The lowest BCUT2D eigenvalue weighted by Gasteiger charge is -2.23. The van der Waals surface area contributed by atoms with E-state index in [1.807, 2.05) is 0 Å². The molecule has 0 saturated heterocycles. The lowest BCUT2D eigenvalue weighted by atomic mass is 10.1. The van der Waals surface area contributed by atoms with Crippen molar-refractivity contribution >= 4 is 29.2 Å². The van der Waals surface area contributed by atoms with Gasteiger partial charge >= 0.3 is 11.9 Å². The molecule has 0 amide bonds. The summed E-state index contributed by atoms with van der Waals surface area (Å²) in [7, 11) is 2.34. The van der Waals surface area contributed by atoms with Gasteiger partial charge < -0.3 is 14.4 Å². The number of carbonyl (C=O) groups excluding carboxylic acids is 2. The highest BCUT2D eigenvalue weighted by molar-refractivity contribution is 6.31. The second-order valence-corrected chi connectivity index (χ2v) is 4.80. The lowest BCUT2D eigenvalue weighted by Crippen LogP contribution is -2.27. The Morgan fingerprint density at radius 1 is 1.13 bits per heavy atom. The number of nitrogens with zero attached hydrogens (tertiary/aromatic N) is 1. The average Bonchev–Trinajstić information content (AvgIpc) is 2.78. The van der Waals surface area contributed by atoms with Crippen LogP contribution < -0.4 is 4.90 Å². The van der Waals surface area contributed by atoms with Gasteiger partial charge in [-0.25, -0.2) is 14.0 Å². The van der Waals surface area contributed by atoms with Crippen molar-refractivity contribution in [3.8, 4) is 0 Å². The van der Waals surface area contributed by atoms with Crippen LogP contribution in [-0.2, 0) is 19.1 Å². The highest BCUT2D eigenvalue weighted by atomic mass is 35.5. The minimum atomic E-state index is -0.819. The van der Waals surface area contributed by atoms with E-state index in [2.05, 4.69) is 4.74 Å². The van der Waals surface area contributed by atoms with Crippen LogP contribution in [0.25, 0.3) is 0 Å². The predicted molar refractivity (Wildman–Crippen MR) is 83.2 cm³/mol. The van der Waals surface area contributed by atoms with Crippen molar-refractivity contribution in [1.82, 2.24) is 0 Å². The normalized spacial score (nSPS) is 13.8. The zero-order valence-corrected chi connectivity index (χ0v) is 13.1. The molecule has 1 aliphatic heterocycles. The van der Waals surface area contributed by atoms with E-state index in [1.54, 1.807) is 6.08 Å². The number of rotatable bonds is 3. The van der Waals surface area contributed by atoms with Crippen molar-refractivity contribution in [2.75, 3.05) is 19.1 Å². The summed E-state index contributed by atoms with van der Waals surface area (Å²) in [6.07, 6.45) is 5.88. The first-order valence-electron chi connectivity index (χ1n) is 6.50. The summed E-state index contributed by atoms with van der Waals surface area (Å²) in [6.45, 7) is 0. The standard InChI is InChI=1S/C16H13ClFNO4/c1-22-15(20)10-6-3-4-9-19(14(10)16(21)23-2)12-8-5-7-11(17)13(12)18/h3-9H,1-2H3. The maximum Gasteiger partial charge on any atom is 0.355 e. The van der Waals surface area contributed by atoms with Crippen molar-refractivity contribution in [3.63, 3.8) is 0 Å². The molecule has 120 valence electrons. The molecule has 0 aromatic heterocycles. The topological polar surface area (TPSA) is 55.8 Å². The highest BCUT2D eigenvalue weighted by Gasteiger charge is 2.29. The van der Waals surface area contributed by atoms with Gasteiger partial charge in [0.2, 0.25) is 0 Å². The molecule has 0 atom stereocenters. The number of hydrogen-bond acceptors (Lipinski definition) is 5. The smallest absolute Gasteiger partial charge is 0.355 e. The predicted octanol–water partition coefficient (Wildman–Crippen LogP) is 2.97. The molecule has 23 heavy (non-hydrogen) atoms. The summed E-state index contributed by atoms with van der Waals surface area (Å²) in [5, 5.41) is -0.114. The number of esters is 2. The fourth-order valence-electron chi connectivity index (χ4n) is 2.03. The van der Waals surface area contributed by atoms with Crippen LogP contribution in [0.15, 0.2) is 53.9 Å². The van der Waals surface area contributed by atoms with E-state index in [4.69, 9.17) is 16.3 Å². The number of hydrogen-bond donors (Lipinski definition) is 0. The molecule has 0 N–H and O–H groups in total. The zero-order chi connectivity index (χ0) is 17.0. The fraction of sp³-hybridized carbons (Fsp3) is 0.125. The first-order chi connectivity index (χ1) is 11.0. The van der Waals surface area contributed by atoms with E-state index >= 15 is 0 Å². The van der Waals surface area contributed by atoms with E-state index in [9.17, 15) is 14.0 Å². The van der Waals surface area contributed by atoms with E-state index in [1.165, 1.54) is 48.6 Å². The third kappa shape index (κ3) is 3.27. The van der Waals surface area contributed by atoms with Crippen molar-refractivity contribution in [3.05, 3.63) is 64.7 Å². The number of anilines is 1.